The Balaban J connectivity index is 2.28. The Hall–Kier alpha value is -1.17. The van der Waals surface area contributed by atoms with E-state index in [9.17, 15) is 5.11 Å². The third-order valence-corrected chi connectivity index (χ3v) is 2.94. The van der Waals surface area contributed by atoms with Crippen LogP contribution in [0.4, 0.5) is 5.69 Å². The molecule has 0 unspecified atom stereocenters. The van der Waals surface area contributed by atoms with E-state index in [1.165, 1.54) is 0 Å². The molecule has 0 fully saturated rings. The van der Waals surface area contributed by atoms with Crippen LogP contribution in [0.15, 0.2) is 34.9 Å². The average molecular weight is 297 g/mol. The van der Waals surface area contributed by atoms with Crippen LogP contribution in [-0.2, 0) is 0 Å². The van der Waals surface area contributed by atoms with Crippen LogP contribution in [0.5, 0.6) is 0 Å². The fourth-order valence-corrected chi connectivity index (χ4v) is 1.92. The predicted molar refractivity (Wildman–Crippen MR) is 71.0 cm³/mol. The maximum Gasteiger partial charge on any atom is 0.0942 e. The van der Waals surface area contributed by atoms with Gasteiger partial charge in [-0.1, -0.05) is 15.9 Å². The van der Waals surface area contributed by atoms with Crippen LogP contribution >= 0.6 is 15.9 Å². The Morgan fingerprint density at radius 1 is 1.35 bits per heavy atom. The molecule has 4 nitrogen and oxygen atoms in total. The van der Waals surface area contributed by atoms with Gasteiger partial charge in [0, 0.05) is 28.3 Å². The molecule has 0 spiro atoms. The summed E-state index contributed by atoms with van der Waals surface area (Å²) < 4.78 is 0.977. The lowest BCUT2D eigenvalue weighted by molar-refractivity contribution is 0.105. The molecule has 5 heteroatoms. The largest absolute Gasteiger partial charge is 0.394 e. The summed E-state index contributed by atoms with van der Waals surface area (Å²) in [6.45, 7) is 0.0627. The van der Waals surface area contributed by atoms with E-state index in [-0.39, 0.29) is 6.61 Å². The van der Waals surface area contributed by atoms with Crippen LogP contribution in [0, 0.1) is 0 Å². The first-order valence-electron chi connectivity index (χ1n) is 5.28. The monoisotopic (exact) mass is 296 g/mol. The van der Waals surface area contributed by atoms with E-state index in [0.717, 1.165) is 21.1 Å². The van der Waals surface area contributed by atoms with Crippen molar-refractivity contribution in [2.24, 2.45) is 0 Å². The van der Waals surface area contributed by atoms with Crippen molar-refractivity contribution in [2.75, 3.05) is 18.5 Å². The van der Waals surface area contributed by atoms with Gasteiger partial charge in [-0.15, -0.1) is 0 Å². The highest BCUT2D eigenvalue weighted by Gasteiger charge is 2.05. The van der Waals surface area contributed by atoms with Crippen molar-refractivity contribution in [1.82, 2.24) is 4.98 Å². The standard InChI is InChI=1S/C12H13BrN2O2/c13-8-1-2-10-11(15-6-9(17)7-16)3-4-14-12(10)5-8/h1-5,9,16-17H,6-7H2,(H,14,15)/t9-/m0/s1. The highest BCUT2D eigenvalue weighted by Crippen LogP contribution is 2.24. The number of hydrogen-bond acceptors (Lipinski definition) is 4. The summed E-state index contributed by atoms with van der Waals surface area (Å²) >= 11 is 3.40. The fourth-order valence-electron chi connectivity index (χ4n) is 1.57. The van der Waals surface area contributed by atoms with Gasteiger partial charge in [-0.05, 0) is 24.3 Å². The number of aliphatic hydroxyl groups excluding tert-OH is 2. The number of anilines is 1. The molecule has 0 saturated carbocycles. The maximum atomic E-state index is 9.30. The normalized spacial score (nSPS) is 12.6. The summed E-state index contributed by atoms with van der Waals surface area (Å²) in [5, 5.41) is 22.1. The number of pyridine rings is 1. The van der Waals surface area contributed by atoms with Gasteiger partial charge in [0.15, 0.2) is 0 Å². The second kappa shape index (κ2) is 5.44. The summed E-state index contributed by atoms with van der Waals surface area (Å²) in [4.78, 5) is 4.27. The SMILES string of the molecule is OC[C@@H](O)CNc1ccnc2cc(Br)ccc12. The number of hydrogen-bond donors (Lipinski definition) is 3. The molecule has 90 valence electrons. The van der Waals surface area contributed by atoms with Gasteiger partial charge in [0.2, 0.25) is 0 Å². The van der Waals surface area contributed by atoms with Crippen LogP contribution in [-0.4, -0.2) is 34.5 Å². The van der Waals surface area contributed by atoms with Crippen LogP contribution in [0.1, 0.15) is 0 Å². The molecule has 3 N–H and O–H groups in total. The molecule has 17 heavy (non-hydrogen) atoms. The van der Waals surface area contributed by atoms with E-state index in [1.54, 1.807) is 6.20 Å². The van der Waals surface area contributed by atoms with Crippen molar-refractivity contribution in [3.8, 4) is 0 Å². The molecule has 1 aromatic carbocycles. The number of benzene rings is 1. The zero-order chi connectivity index (χ0) is 12.3. The Bertz CT molecular complexity index is 519. The van der Waals surface area contributed by atoms with Crippen LogP contribution < -0.4 is 5.32 Å². The van der Waals surface area contributed by atoms with Gasteiger partial charge in [0.05, 0.1) is 18.2 Å². The quantitative estimate of drug-likeness (QED) is 0.804. The van der Waals surface area contributed by atoms with Gasteiger partial charge in [0.25, 0.3) is 0 Å². The summed E-state index contributed by atoms with van der Waals surface area (Å²) in [6.07, 6.45) is 0.955. The molecule has 0 aliphatic heterocycles. The van der Waals surface area contributed by atoms with E-state index in [4.69, 9.17) is 5.11 Å². The molecule has 2 aromatic rings. The maximum absolute atomic E-state index is 9.30. The third kappa shape index (κ3) is 2.94. The molecule has 0 radical (unpaired) electrons. The van der Waals surface area contributed by atoms with Gasteiger partial charge in [-0.3, -0.25) is 4.98 Å². The minimum atomic E-state index is -0.756. The van der Waals surface area contributed by atoms with Crippen molar-refractivity contribution >= 4 is 32.5 Å². The second-order valence-electron chi connectivity index (χ2n) is 3.74. The van der Waals surface area contributed by atoms with Crippen molar-refractivity contribution in [3.63, 3.8) is 0 Å². The first-order chi connectivity index (χ1) is 8.20. The number of nitrogens with zero attached hydrogens (tertiary/aromatic N) is 1. The smallest absolute Gasteiger partial charge is 0.0942 e. The summed E-state index contributed by atoms with van der Waals surface area (Å²) in [6, 6.07) is 7.68. The Kier molecular flexibility index (Phi) is 3.93. The first kappa shape index (κ1) is 12.3. The molecule has 1 atom stereocenters. The molecule has 2 rings (SSSR count). The van der Waals surface area contributed by atoms with Crippen molar-refractivity contribution in [3.05, 3.63) is 34.9 Å². The molecule has 1 heterocycles. The summed E-state index contributed by atoms with van der Waals surface area (Å²) in [5.41, 5.74) is 1.78. The lowest BCUT2D eigenvalue weighted by Crippen LogP contribution is -2.23. The molecule has 0 amide bonds. The van der Waals surface area contributed by atoms with Gasteiger partial charge < -0.3 is 15.5 Å². The molecule has 0 bridgehead atoms. The third-order valence-electron chi connectivity index (χ3n) is 2.44. The Labute approximate surface area is 107 Å². The summed E-state index contributed by atoms with van der Waals surface area (Å²) in [7, 11) is 0. The fraction of sp³-hybridized carbons (Fsp3) is 0.250. The minimum absolute atomic E-state index is 0.248. The first-order valence-corrected chi connectivity index (χ1v) is 6.07. The molecule has 0 saturated heterocycles. The van der Waals surface area contributed by atoms with Crippen LogP contribution in [0.2, 0.25) is 0 Å². The Morgan fingerprint density at radius 2 is 2.18 bits per heavy atom. The second-order valence-corrected chi connectivity index (χ2v) is 4.65. The van der Waals surface area contributed by atoms with E-state index < -0.39 is 6.10 Å². The van der Waals surface area contributed by atoms with Crippen molar-refractivity contribution in [1.29, 1.82) is 0 Å². The molecule has 0 aliphatic rings. The zero-order valence-corrected chi connectivity index (χ0v) is 10.7. The van der Waals surface area contributed by atoms with Crippen molar-refractivity contribution in [2.45, 2.75) is 6.10 Å². The van der Waals surface area contributed by atoms with E-state index in [0.29, 0.717) is 6.54 Å². The zero-order valence-electron chi connectivity index (χ0n) is 9.10. The van der Waals surface area contributed by atoms with Gasteiger partial charge in [0.1, 0.15) is 0 Å². The van der Waals surface area contributed by atoms with Gasteiger partial charge in [-0.25, -0.2) is 0 Å². The molecule has 1 aromatic heterocycles. The molecule has 0 aliphatic carbocycles. The van der Waals surface area contributed by atoms with Crippen LogP contribution in [0.25, 0.3) is 10.9 Å². The number of aliphatic hydroxyl groups is 2. The number of nitrogens with one attached hydrogen (secondary N) is 1. The Morgan fingerprint density at radius 3 is 2.94 bits per heavy atom. The van der Waals surface area contributed by atoms with E-state index in [1.807, 2.05) is 24.3 Å². The van der Waals surface area contributed by atoms with E-state index in [2.05, 4.69) is 26.2 Å². The topological polar surface area (TPSA) is 65.4 Å². The van der Waals surface area contributed by atoms with Gasteiger partial charge in [-0.2, -0.15) is 0 Å². The highest BCUT2D eigenvalue weighted by atomic mass is 79.9. The number of aromatic nitrogens is 1. The van der Waals surface area contributed by atoms with Gasteiger partial charge >= 0.3 is 0 Å². The highest BCUT2D eigenvalue weighted by molar-refractivity contribution is 9.10. The average Bonchev–Trinajstić information content (AvgIpc) is 2.35. The number of fused-ring (bicyclic) bond motifs is 1. The molecular weight excluding hydrogens is 284 g/mol. The summed E-state index contributed by atoms with van der Waals surface area (Å²) in [5.74, 6) is 0. The predicted octanol–water partition coefficient (Wildman–Crippen LogP) is 1.76. The minimum Gasteiger partial charge on any atom is -0.394 e. The lowest BCUT2D eigenvalue weighted by Gasteiger charge is -2.12. The lowest BCUT2D eigenvalue weighted by atomic mass is 10.2. The van der Waals surface area contributed by atoms with Crippen LogP contribution in [0.3, 0.4) is 0 Å². The van der Waals surface area contributed by atoms with E-state index >= 15 is 0 Å². The number of rotatable bonds is 4. The van der Waals surface area contributed by atoms with Crippen molar-refractivity contribution < 1.29 is 10.2 Å². The number of halogens is 1. The molecular formula is C12H13BrN2O2.